The molecule has 0 unspecified atom stereocenters. The lowest BCUT2D eigenvalue weighted by Crippen LogP contribution is -2.44. The van der Waals surface area contributed by atoms with E-state index in [0.717, 1.165) is 5.56 Å². The minimum atomic E-state index is -1.30. The number of imidazole rings is 1. The molecule has 1 fully saturated rings. The Labute approximate surface area is 238 Å². The number of aliphatic hydroxyl groups is 2. The molecule has 1 aliphatic rings. The number of fused-ring (bicyclic) bond motifs is 1. The summed E-state index contributed by atoms with van der Waals surface area (Å²) in [6.45, 7) is 7.15. The fraction of sp³-hybridized carbons (Fsp3) is 0.519. The summed E-state index contributed by atoms with van der Waals surface area (Å²) in [4.78, 5) is 39.2. The van der Waals surface area contributed by atoms with E-state index in [1.165, 1.54) is 22.1 Å². The monoisotopic (exact) mass is 569 g/mol. The second kappa shape index (κ2) is 12.8. The third kappa shape index (κ3) is 7.08. The third-order valence-electron chi connectivity index (χ3n) is 7.02. The zero-order valence-corrected chi connectivity index (χ0v) is 23.5. The Hall–Kier alpha value is -3.85. The first-order valence-corrected chi connectivity index (χ1v) is 13.6. The highest BCUT2D eigenvalue weighted by atomic mass is 16.6. The molecule has 0 bridgehead atoms. The van der Waals surface area contributed by atoms with E-state index in [9.17, 15) is 19.8 Å². The number of aromatic nitrogens is 4. The predicted molar refractivity (Wildman–Crippen MR) is 153 cm³/mol. The smallest absolute Gasteiger partial charge is 0.319 e. The molecule has 222 valence electrons. The zero-order valence-electron chi connectivity index (χ0n) is 23.5. The van der Waals surface area contributed by atoms with Crippen LogP contribution in [0, 0.1) is 0 Å². The van der Waals surface area contributed by atoms with E-state index in [1.54, 1.807) is 0 Å². The number of amides is 3. The van der Waals surface area contributed by atoms with Gasteiger partial charge in [-0.1, -0.05) is 32.9 Å². The topological polar surface area (TPSA) is 207 Å². The molecule has 1 aliphatic heterocycles. The highest BCUT2D eigenvalue weighted by molar-refractivity contribution is 5.89. The number of nitrogen functional groups attached to an aromatic ring is 1. The second-order valence-corrected chi connectivity index (χ2v) is 11.1. The first kappa shape index (κ1) is 30.1. The first-order chi connectivity index (χ1) is 19.5. The Morgan fingerprint density at radius 2 is 1.85 bits per heavy atom. The van der Waals surface area contributed by atoms with Gasteiger partial charge in [0.15, 0.2) is 17.7 Å². The molecule has 8 N–H and O–H groups in total. The van der Waals surface area contributed by atoms with Crippen molar-refractivity contribution in [3.8, 4) is 0 Å². The number of nitrogens with two attached hydrogens (primary N) is 2. The van der Waals surface area contributed by atoms with E-state index < -0.39 is 30.6 Å². The van der Waals surface area contributed by atoms with Gasteiger partial charge in [0.05, 0.1) is 6.33 Å². The lowest BCUT2D eigenvalue weighted by molar-refractivity contribution is -0.134. The highest BCUT2D eigenvalue weighted by Crippen LogP contribution is 2.32. The number of carbonyl (C=O) groups is 2. The molecule has 2 aromatic heterocycles. The quantitative estimate of drug-likeness (QED) is 0.202. The van der Waals surface area contributed by atoms with E-state index in [-0.39, 0.29) is 36.7 Å². The van der Waals surface area contributed by atoms with Crippen molar-refractivity contribution in [3.05, 3.63) is 42.5 Å². The van der Waals surface area contributed by atoms with Gasteiger partial charge in [-0.2, -0.15) is 0 Å². The average Bonchev–Trinajstić information content (AvgIpc) is 3.48. The molecule has 1 aromatic carbocycles. The molecule has 14 heteroatoms. The van der Waals surface area contributed by atoms with Crippen LogP contribution >= 0.6 is 0 Å². The first-order valence-electron chi connectivity index (χ1n) is 13.6. The maximum Gasteiger partial charge on any atom is 0.319 e. The summed E-state index contributed by atoms with van der Waals surface area (Å²) in [5, 5.41) is 27.0. The predicted octanol–water partition coefficient (Wildman–Crippen LogP) is 0.714. The van der Waals surface area contributed by atoms with Gasteiger partial charge in [0.2, 0.25) is 5.91 Å². The van der Waals surface area contributed by atoms with Crippen LogP contribution in [0.15, 0.2) is 36.9 Å². The number of rotatable bonds is 10. The van der Waals surface area contributed by atoms with Crippen LogP contribution in [0.2, 0.25) is 0 Å². The molecule has 14 nitrogen and oxygen atoms in total. The van der Waals surface area contributed by atoms with Crippen LogP contribution in [0.3, 0.4) is 0 Å². The van der Waals surface area contributed by atoms with Crippen molar-refractivity contribution in [1.82, 2.24) is 29.7 Å². The van der Waals surface area contributed by atoms with E-state index >= 15 is 0 Å². The fourth-order valence-corrected chi connectivity index (χ4v) is 4.65. The molecule has 4 atom stereocenters. The second-order valence-electron chi connectivity index (χ2n) is 11.1. The van der Waals surface area contributed by atoms with Gasteiger partial charge < -0.3 is 42.0 Å². The van der Waals surface area contributed by atoms with Crippen LogP contribution in [-0.4, -0.2) is 91.1 Å². The number of aliphatic hydroxyl groups excluding tert-OH is 2. The number of anilines is 2. The van der Waals surface area contributed by atoms with E-state index in [1.807, 2.05) is 24.3 Å². The summed E-state index contributed by atoms with van der Waals surface area (Å²) in [5.41, 5.74) is 14.0. The normalized spacial score (nSPS) is 20.7. The number of carbonyl (C=O) groups excluding carboxylic acids is 2. The fourth-order valence-electron chi connectivity index (χ4n) is 4.65. The maximum atomic E-state index is 13.1. The maximum absolute atomic E-state index is 13.1. The number of benzene rings is 1. The number of nitrogens with one attached hydrogen (secondary N) is 2. The lowest BCUT2D eigenvalue weighted by atomic mass is 9.87. The van der Waals surface area contributed by atoms with Crippen molar-refractivity contribution in [1.29, 1.82) is 0 Å². The molecule has 3 aromatic rings. The van der Waals surface area contributed by atoms with Gasteiger partial charge in [-0.25, -0.2) is 19.7 Å². The summed E-state index contributed by atoms with van der Waals surface area (Å²) in [6.07, 6.45) is -1.23. The molecule has 1 saturated heterocycles. The van der Waals surface area contributed by atoms with Gasteiger partial charge in [0.25, 0.3) is 0 Å². The molecule has 4 rings (SSSR count). The Balaban J connectivity index is 1.33. The molecular weight excluding hydrogens is 530 g/mol. The molecule has 0 radical (unpaired) electrons. The van der Waals surface area contributed by atoms with Crippen LogP contribution in [0.25, 0.3) is 11.2 Å². The van der Waals surface area contributed by atoms with Crippen LogP contribution in [0.1, 0.15) is 45.4 Å². The van der Waals surface area contributed by atoms with Gasteiger partial charge >= 0.3 is 6.03 Å². The molecule has 0 aliphatic carbocycles. The van der Waals surface area contributed by atoms with Crippen molar-refractivity contribution in [2.24, 2.45) is 5.73 Å². The SMILES string of the molecule is CC(C)(C)c1ccc(NC(=O)NCCC(=O)N(CCCN)C[C@H]2O[C@@H](n3cnc4c(N)ncnc43)[C@H](O)[C@@H]2O)cc1. The molecule has 3 heterocycles. The van der Waals surface area contributed by atoms with Crippen molar-refractivity contribution in [2.75, 3.05) is 37.2 Å². The average molecular weight is 570 g/mol. The van der Waals surface area contributed by atoms with Gasteiger partial charge in [-0.05, 0) is 36.1 Å². The standard InChI is InChI=1S/C27H39N9O5/c1-27(2,3)16-5-7-17(8-6-16)34-26(40)30-11-9-19(37)35(12-4-10-28)13-18-21(38)22(39)25(41-18)36-15-33-20-23(29)31-14-32-24(20)36/h5-8,14-15,18,21-22,25,38-39H,4,9-13,28H2,1-3H3,(H2,29,31,32)(H2,30,34,40)/t18-,21-,22-,25-/m1/s1. The van der Waals surface area contributed by atoms with Gasteiger partial charge in [0, 0.05) is 31.7 Å². The zero-order chi connectivity index (χ0) is 29.7. The summed E-state index contributed by atoms with van der Waals surface area (Å²) in [7, 11) is 0. The van der Waals surface area contributed by atoms with Crippen molar-refractivity contribution < 1.29 is 24.5 Å². The molecule has 0 saturated carbocycles. The number of nitrogens with zero attached hydrogens (tertiary/aromatic N) is 5. The molecular formula is C27H39N9O5. The minimum absolute atomic E-state index is 0.00679. The summed E-state index contributed by atoms with van der Waals surface area (Å²) < 4.78 is 7.47. The third-order valence-corrected chi connectivity index (χ3v) is 7.02. The van der Waals surface area contributed by atoms with Crippen molar-refractivity contribution in [2.45, 2.75) is 63.6 Å². The van der Waals surface area contributed by atoms with Gasteiger partial charge in [-0.3, -0.25) is 9.36 Å². The number of ether oxygens (including phenoxy) is 1. The van der Waals surface area contributed by atoms with Crippen LogP contribution in [-0.2, 0) is 14.9 Å². The minimum Gasteiger partial charge on any atom is -0.387 e. The van der Waals surface area contributed by atoms with Crippen LogP contribution in [0.5, 0.6) is 0 Å². The van der Waals surface area contributed by atoms with Crippen molar-refractivity contribution in [3.63, 3.8) is 0 Å². The van der Waals surface area contributed by atoms with E-state index in [0.29, 0.717) is 36.4 Å². The Kier molecular flexibility index (Phi) is 9.38. The highest BCUT2D eigenvalue weighted by Gasteiger charge is 2.45. The number of hydrogen-bond donors (Lipinski definition) is 6. The molecule has 0 spiro atoms. The summed E-state index contributed by atoms with van der Waals surface area (Å²) in [6, 6.07) is 7.18. The summed E-state index contributed by atoms with van der Waals surface area (Å²) >= 11 is 0. The Morgan fingerprint density at radius 3 is 2.54 bits per heavy atom. The van der Waals surface area contributed by atoms with Gasteiger partial charge in [-0.15, -0.1) is 0 Å². The Morgan fingerprint density at radius 1 is 1.12 bits per heavy atom. The largest absolute Gasteiger partial charge is 0.387 e. The van der Waals surface area contributed by atoms with Crippen LogP contribution in [0.4, 0.5) is 16.3 Å². The number of urea groups is 1. The molecule has 41 heavy (non-hydrogen) atoms. The van der Waals surface area contributed by atoms with Gasteiger partial charge in [0.1, 0.15) is 30.2 Å². The summed E-state index contributed by atoms with van der Waals surface area (Å²) in [5.74, 6) is -0.0757. The number of hydrogen-bond acceptors (Lipinski definition) is 10. The Bertz CT molecular complexity index is 1340. The lowest BCUT2D eigenvalue weighted by Gasteiger charge is -2.27. The van der Waals surface area contributed by atoms with E-state index in [4.69, 9.17) is 16.2 Å². The molecule has 3 amide bonds. The van der Waals surface area contributed by atoms with Crippen molar-refractivity contribution >= 4 is 34.6 Å². The van der Waals surface area contributed by atoms with E-state index in [2.05, 4.69) is 46.4 Å². The van der Waals surface area contributed by atoms with Crippen LogP contribution < -0.4 is 22.1 Å².